The van der Waals surface area contributed by atoms with Gasteiger partial charge in [0.1, 0.15) is 30.4 Å². The van der Waals surface area contributed by atoms with Crippen LogP contribution in [0.3, 0.4) is 0 Å². The van der Waals surface area contributed by atoms with E-state index in [1.807, 2.05) is 6.07 Å². The van der Waals surface area contributed by atoms with Gasteiger partial charge >= 0.3 is 15.0 Å². The topological polar surface area (TPSA) is 264 Å². The van der Waals surface area contributed by atoms with E-state index in [1.54, 1.807) is 18.4 Å². The number of aromatic amines is 1. The number of nitriles is 1. The lowest BCUT2D eigenvalue weighted by Crippen LogP contribution is -2.24. The van der Waals surface area contributed by atoms with Crippen LogP contribution in [-0.4, -0.2) is 87.0 Å². The molecule has 1 amide bonds. The van der Waals surface area contributed by atoms with E-state index in [-0.39, 0.29) is 74.8 Å². The second-order valence-corrected chi connectivity index (χ2v) is 14.4. The van der Waals surface area contributed by atoms with Crippen LogP contribution in [0.25, 0.3) is 22.3 Å². The average molecular weight is 727 g/mol. The monoisotopic (exact) mass is 726 g/mol. The van der Waals surface area contributed by atoms with E-state index in [0.29, 0.717) is 17.0 Å². The number of ether oxygens (including phenoxy) is 1. The molecule has 0 aromatic carbocycles. The summed E-state index contributed by atoms with van der Waals surface area (Å²) in [7, 11) is -3.45. The lowest BCUT2D eigenvalue weighted by molar-refractivity contribution is -0.118. The average Bonchev–Trinajstić information content (AvgIpc) is 3.75. The summed E-state index contributed by atoms with van der Waals surface area (Å²) in [6.45, 7) is -0.629. The molecule has 23 heteroatoms. The van der Waals surface area contributed by atoms with Crippen molar-refractivity contribution in [2.75, 3.05) is 25.1 Å². The van der Waals surface area contributed by atoms with Gasteiger partial charge in [0, 0.05) is 18.9 Å². The molecule has 0 saturated carbocycles. The first-order valence-corrected chi connectivity index (χ1v) is 18.3. The first-order valence-electron chi connectivity index (χ1n) is 14.5. The Morgan fingerprint density at radius 1 is 1.29 bits per heavy atom. The predicted octanol–water partition coefficient (Wildman–Crippen LogP) is 1.29. The number of nitrogens with one attached hydrogen (secondary N) is 2. The Bertz CT molecular complexity index is 1950. The molecule has 0 bridgehead atoms. The predicted molar refractivity (Wildman–Crippen MR) is 170 cm³/mol. The molecule has 2 unspecified atom stereocenters. The lowest BCUT2D eigenvalue weighted by Gasteiger charge is -2.23. The number of aliphatic hydroxyl groups is 1. The molecule has 0 spiro atoms. The third kappa shape index (κ3) is 8.36. The van der Waals surface area contributed by atoms with E-state index >= 15 is 0 Å². The van der Waals surface area contributed by atoms with Gasteiger partial charge in [-0.15, -0.1) is 0 Å². The number of imidazole rings is 2. The van der Waals surface area contributed by atoms with Crippen molar-refractivity contribution in [3.8, 4) is 6.07 Å². The second-order valence-electron chi connectivity index (χ2n) is 10.6. The number of rotatable bonds is 16. The summed E-state index contributed by atoms with van der Waals surface area (Å²) in [6.07, 6.45) is 1.34. The van der Waals surface area contributed by atoms with Gasteiger partial charge in [0.15, 0.2) is 23.0 Å². The summed E-state index contributed by atoms with van der Waals surface area (Å²) >= 11 is 5.62. The fraction of sp³-hybridized carbons (Fsp3) is 0.520. The number of amides is 1. The van der Waals surface area contributed by atoms with Crippen molar-refractivity contribution in [1.82, 2.24) is 39.0 Å². The smallest absolute Gasteiger partial charge is 0.327 e. The fourth-order valence-corrected chi connectivity index (χ4v) is 7.04. The van der Waals surface area contributed by atoms with Crippen LogP contribution in [-0.2, 0) is 57.1 Å². The van der Waals surface area contributed by atoms with Crippen molar-refractivity contribution < 1.29 is 42.2 Å². The molecule has 4 N–H and O–H groups in total. The lowest BCUT2D eigenvalue weighted by atomic mass is 10.2. The Balaban J connectivity index is 1.32. The van der Waals surface area contributed by atoms with Crippen molar-refractivity contribution in [3.63, 3.8) is 0 Å². The molecule has 4 aromatic rings. The molecule has 1 aliphatic heterocycles. The van der Waals surface area contributed by atoms with Crippen molar-refractivity contribution in [2.24, 2.45) is 5.92 Å². The number of nitrogens with zero attached hydrogens (tertiary/aromatic N) is 8. The number of carbonyl (C=O) groups is 1. The van der Waals surface area contributed by atoms with Crippen molar-refractivity contribution >= 4 is 61.0 Å². The van der Waals surface area contributed by atoms with Crippen LogP contribution in [0.15, 0.2) is 23.6 Å². The Morgan fingerprint density at radius 3 is 2.81 bits per heavy atom. The Labute approximate surface area is 277 Å². The molecule has 48 heavy (non-hydrogen) atoms. The minimum absolute atomic E-state index is 0.0188. The SMILES string of the molecule is CC(C)C(=O)Nc1nc2c(ncn2[C@@H]2O[C@H](COP(=S)(OCCC#N)OCCn3c(CO)nc4cncnc43)C[C@H]2O[PH](=O)O)c(=O)[nH]1. The van der Waals surface area contributed by atoms with Crippen LogP contribution in [0.2, 0.25) is 0 Å². The van der Waals surface area contributed by atoms with Crippen molar-refractivity contribution in [3.05, 3.63) is 35.0 Å². The molecule has 0 aliphatic carbocycles. The number of carbonyl (C=O) groups excluding carboxylic acids is 1. The number of H-pyrrole nitrogens is 1. The van der Waals surface area contributed by atoms with E-state index in [0.717, 1.165) is 0 Å². The molecular formula is C25H32N10O10P2S. The zero-order valence-electron chi connectivity index (χ0n) is 25.6. The highest BCUT2D eigenvalue weighted by Crippen LogP contribution is 2.51. The Morgan fingerprint density at radius 2 is 2.08 bits per heavy atom. The zero-order valence-corrected chi connectivity index (χ0v) is 28.3. The van der Waals surface area contributed by atoms with Gasteiger partial charge in [-0.05, 0) is 11.8 Å². The van der Waals surface area contributed by atoms with Gasteiger partial charge < -0.3 is 37.4 Å². The first kappa shape index (κ1) is 35.8. The maximum absolute atomic E-state index is 12.7. The van der Waals surface area contributed by atoms with E-state index < -0.39 is 39.0 Å². The van der Waals surface area contributed by atoms with Gasteiger partial charge in [-0.1, -0.05) is 13.8 Å². The molecular weight excluding hydrogens is 694 g/mol. The molecule has 258 valence electrons. The van der Waals surface area contributed by atoms with Gasteiger partial charge in [-0.3, -0.25) is 29.0 Å². The summed E-state index contributed by atoms with van der Waals surface area (Å²) < 4.78 is 43.8. The van der Waals surface area contributed by atoms with Crippen LogP contribution in [0.5, 0.6) is 0 Å². The zero-order chi connectivity index (χ0) is 34.4. The van der Waals surface area contributed by atoms with E-state index in [2.05, 4.69) is 35.2 Å². The standard InChI is InChI=1S/C25H32N10O10P2S/c1-14(2)22(37)32-25-31-21-19(23(38)33-25)29-13-35(21)24-17(45-46(39)40)8-15(44-24)11-43-47(48,41-6-3-4-26)42-7-5-34-18(10-36)30-16-9-27-12-28-20(16)34/h9,12-15,17,24,36,46H,3,5-8,10-11H2,1-2H3,(H,39,40)(H2,31,32,33,37,38)/t15-,17+,24+,47?/m0/s1. The van der Waals surface area contributed by atoms with Gasteiger partial charge in [0.2, 0.25) is 11.9 Å². The minimum atomic E-state index is -3.49. The minimum Gasteiger partial charge on any atom is -0.388 e. The second kappa shape index (κ2) is 15.8. The number of fused-ring (bicyclic) bond motifs is 2. The van der Waals surface area contributed by atoms with Crippen LogP contribution in [0.1, 0.15) is 38.7 Å². The number of aliphatic hydroxyl groups excluding tert-OH is 1. The van der Waals surface area contributed by atoms with E-state index in [4.69, 9.17) is 39.9 Å². The number of aromatic nitrogens is 8. The number of hydrogen-bond acceptors (Lipinski definition) is 16. The summed E-state index contributed by atoms with van der Waals surface area (Å²) in [5.41, 5.74) is 0.309. The first-order chi connectivity index (χ1) is 23.0. The molecule has 0 radical (unpaired) electrons. The molecule has 5 atom stereocenters. The third-order valence-electron chi connectivity index (χ3n) is 6.95. The maximum atomic E-state index is 12.7. The van der Waals surface area contributed by atoms with Gasteiger partial charge in [0.05, 0.1) is 50.9 Å². The van der Waals surface area contributed by atoms with Crippen LogP contribution in [0.4, 0.5) is 5.95 Å². The number of hydrogen-bond donors (Lipinski definition) is 4. The summed E-state index contributed by atoms with van der Waals surface area (Å²) in [5.74, 6) is -0.547. The normalized spacial score (nSPS) is 19.9. The quantitative estimate of drug-likeness (QED) is 0.0936. The summed E-state index contributed by atoms with van der Waals surface area (Å²) in [6, 6.07) is 1.96. The van der Waals surface area contributed by atoms with Crippen LogP contribution >= 0.6 is 15.0 Å². The third-order valence-corrected chi connectivity index (χ3v) is 9.86. The molecule has 1 fully saturated rings. The highest BCUT2D eigenvalue weighted by molar-refractivity contribution is 8.07. The Hall–Kier alpha value is -3.54. The van der Waals surface area contributed by atoms with Crippen LogP contribution < -0.4 is 10.9 Å². The summed E-state index contributed by atoms with van der Waals surface area (Å²) in [4.78, 5) is 57.9. The molecule has 5 heterocycles. The van der Waals surface area contributed by atoms with Gasteiger partial charge in [0.25, 0.3) is 5.56 Å². The van der Waals surface area contributed by atoms with E-state index in [1.165, 1.54) is 23.4 Å². The van der Waals surface area contributed by atoms with Crippen molar-refractivity contribution in [1.29, 1.82) is 5.26 Å². The van der Waals surface area contributed by atoms with Gasteiger partial charge in [-0.2, -0.15) is 10.2 Å². The molecule has 20 nitrogen and oxygen atoms in total. The molecule has 5 rings (SSSR count). The van der Waals surface area contributed by atoms with Crippen LogP contribution in [0, 0.1) is 17.2 Å². The van der Waals surface area contributed by atoms with Gasteiger partial charge in [-0.25, -0.2) is 19.9 Å². The number of anilines is 1. The highest BCUT2D eigenvalue weighted by atomic mass is 32.5. The summed E-state index contributed by atoms with van der Waals surface area (Å²) in [5, 5.41) is 21.3. The molecule has 1 aliphatic rings. The molecule has 4 aromatic heterocycles. The maximum Gasteiger partial charge on any atom is 0.327 e. The highest BCUT2D eigenvalue weighted by Gasteiger charge is 2.40. The Kier molecular flexibility index (Phi) is 11.8. The molecule has 1 saturated heterocycles. The fourth-order valence-electron chi connectivity index (χ4n) is 4.75. The van der Waals surface area contributed by atoms with Crippen molar-refractivity contribution in [2.45, 2.75) is 58.3 Å². The van der Waals surface area contributed by atoms with E-state index in [9.17, 15) is 24.2 Å². The largest absolute Gasteiger partial charge is 0.388 e.